The summed E-state index contributed by atoms with van der Waals surface area (Å²) in [4.78, 5) is 28.4. The summed E-state index contributed by atoms with van der Waals surface area (Å²) in [5, 5.41) is 13.0. The van der Waals surface area contributed by atoms with E-state index in [0.29, 0.717) is 22.7 Å². The first-order chi connectivity index (χ1) is 15.0. The second-order valence-corrected chi connectivity index (χ2v) is 8.63. The first-order valence-electron chi connectivity index (χ1n) is 9.28. The summed E-state index contributed by atoms with van der Waals surface area (Å²) in [5.74, 6) is -0.816. The third kappa shape index (κ3) is 3.73. The fraction of sp³-hybridized carbons (Fsp3) is 0.130. The smallest absolute Gasteiger partial charge is 0.300 e. The van der Waals surface area contributed by atoms with Gasteiger partial charge in [0.15, 0.2) is 11.5 Å². The van der Waals surface area contributed by atoms with Gasteiger partial charge in [-0.2, -0.15) is 0 Å². The van der Waals surface area contributed by atoms with Gasteiger partial charge >= 0.3 is 0 Å². The highest BCUT2D eigenvalue weighted by molar-refractivity contribution is 9.10. The number of hydrogen-bond acceptors (Lipinski definition) is 6. The van der Waals surface area contributed by atoms with E-state index in [1.807, 2.05) is 23.6 Å². The molecule has 0 radical (unpaired) electrons. The van der Waals surface area contributed by atoms with Gasteiger partial charge in [-0.05, 0) is 47.8 Å². The van der Waals surface area contributed by atoms with Crippen molar-refractivity contribution in [3.05, 3.63) is 80.5 Å². The molecular formula is C23H18BrNO5S. The Kier molecular flexibility index (Phi) is 5.84. The lowest BCUT2D eigenvalue weighted by molar-refractivity contribution is -0.132. The number of carbonyl (C=O) groups excluding carboxylic acids is 2. The molecule has 1 aliphatic heterocycles. The minimum Gasteiger partial charge on any atom is -0.507 e. The summed E-state index contributed by atoms with van der Waals surface area (Å²) < 4.78 is 11.3. The van der Waals surface area contributed by atoms with E-state index in [1.165, 1.54) is 30.5 Å². The van der Waals surface area contributed by atoms with E-state index in [9.17, 15) is 14.7 Å². The molecule has 1 aromatic heterocycles. The highest BCUT2D eigenvalue weighted by atomic mass is 79.9. The fourth-order valence-corrected chi connectivity index (χ4v) is 4.79. The van der Waals surface area contributed by atoms with Crippen LogP contribution in [0, 0.1) is 0 Å². The minimum absolute atomic E-state index is 0.0274. The quantitative estimate of drug-likeness (QED) is 0.298. The average Bonchev–Trinajstić information content (AvgIpc) is 3.39. The van der Waals surface area contributed by atoms with Crippen molar-refractivity contribution in [3.8, 4) is 11.5 Å². The van der Waals surface area contributed by atoms with Crippen LogP contribution >= 0.6 is 27.3 Å². The molecule has 1 amide bonds. The van der Waals surface area contributed by atoms with Crippen LogP contribution in [0.5, 0.6) is 11.5 Å². The molecule has 6 nitrogen and oxygen atoms in total. The molecule has 0 spiro atoms. The monoisotopic (exact) mass is 499 g/mol. The summed E-state index contributed by atoms with van der Waals surface area (Å²) in [6.07, 6.45) is 0. The number of nitrogens with zero attached hydrogens (tertiary/aromatic N) is 1. The molecule has 8 heteroatoms. The summed E-state index contributed by atoms with van der Waals surface area (Å²) in [5.41, 5.74) is 0.937. The van der Waals surface area contributed by atoms with Crippen LogP contribution in [0.3, 0.4) is 0 Å². The molecule has 158 valence electrons. The van der Waals surface area contributed by atoms with Crippen LogP contribution in [-0.4, -0.2) is 31.0 Å². The lowest BCUT2D eigenvalue weighted by atomic mass is 9.99. The lowest BCUT2D eigenvalue weighted by Crippen LogP contribution is -2.29. The number of methoxy groups -OCH3 is 2. The van der Waals surface area contributed by atoms with Gasteiger partial charge in [0.05, 0.1) is 19.8 Å². The number of Topliss-reactive ketones (excluding diaryl/α,β-unsaturated/α-hetero) is 1. The van der Waals surface area contributed by atoms with E-state index >= 15 is 0 Å². The number of hydrogen-bond donors (Lipinski definition) is 1. The van der Waals surface area contributed by atoms with E-state index in [2.05, 4.69) is 15.9 Å². The summed E-state index contributed by atoms with van der Waals surface area (Å²) in [7, 11) is 3.00. The summed E-state index contributed by atoms with van der Waals surface area (Å²) >= 11 is 4.82. The second-order valence-electron chi connectivity index (χ2n) is 6.73. The van der Waals surface area contributed by atoms with Crippen LogP contribution < -0.4 is 14.4 Å². The highest BCUT2D eigenvalue weighted by Gasteiger charge is 2.47. The van der Waals surface area contributed by atoms with Crippen LogP contribution in [0.2, 0.25) is 0 Å². The zero-order chi connectivity index (χ0) is 22.1. The summed E-state index contributed by atoms with van der Waals surface area (Å²) in [6, 6.07) is 14.9. The molecule has 2 heterocycles. The van der Waals surface area contributed by atoms with Gasteiger partial charge in [0.25, 0.3) is 11.7 Å². The van der Waals surface area contributed by atoms with Crippen molar-refractivity contribution in [2.24, 2.45) is 0 Å². The number of ketones is 1. The number of aliphatic hydroxyl groups excluding tert-OH is 1. The number of halogens is 1. The number of anilines is 1. The van der Waals surface area contributed by atoms with Crippen molar-refractivity contribution in [1.29, 1.82) is 0 Å². The van der Waals surface area contributed by atoms with Gasteiger partial charge in [0.2, 0.25) is 0 Å². The van der Waals surface area contributed by atoms with Crippen LogP contribution in [-0.2, 0) is 9.59 Å². The van der Waals surface area contributed by atoms with Crippen molar-refractivity contribution in [1.82, 2.24) is 0 Å². The molecule has 31 heavy (non-hydrogen) atoms. The van der Waals surface area contributed by atoms with Gasteiger partial charge in [-0.1, -0.05) is 28.1 Å². The van der Waals surface area contributed by atoms with Gasteiger partial charge in [-0.3, -0.25) is 14.5 Å². The number of ether oxygens (including phenoxy) is 2. The van der Waals surface area contributed by atoms with E-state index in [4.69, 9.17) is 9.47 Å². The predicted molar refractivity (Wildman–Crippen MR) is 123 cm³/mol. The maximum Gasteiger partial charge on any atom is 0.300 e. The molecule has 2 aromatic carbocycles. The van der Waals surface area contributed by atoms with Crippen molar-refractivity contribution in [2.45, 2.75) is 6.04 Å². The fourth-order valence-electron chi connectivity index (χ4n) is 3.58. The van der Waals surface area contributed by atoms with E-state index in [1.54, 1.807) is 36.4 Å². The lowest BCUT2D eigenvalue weighted by Gasteiger charge is -2.24. The molecule has 1 fully saturated rings. The van der Waals surface area contributed by atoms with Crippen LogP contribution in [0.1, 0.15) is 16.5 Å². The number of rotatable bonds is 5. The van der Waals surface area contributed by atoms with Crippen molar-refractivity contribution in [2.75, 3.05) is 19.1 Å². The molecule has 1 unspecified atom stereocenters. The Hall–Kier alpha value is -3.10. The second kappa shape index (κ2) is 8.56. The Morgan fingerprint density at radius 1 is 1.03 bits per heavy atom. The third-order valence-electron chi connectivity index (χ3n) is 5.00. The van der Waals surface area contributed by atoms with E-state index in [0.717, 1.165) is 9.35 Å². The topological polar surface area (TPSA) is 76.1 Å². The van der Waals surface area contributed by atoms with Gasteiger partial charge < -0.3 is 14.6 Å². The molecule has 1 aliphatic rings. The molecule has 1 N–H and O–H groups in total. The van der Waals surface area contributed by atoms with Crippen molar-refractivity contribution in [3.63, 3.8) is 0 Å². The molecule has 1 saturated heterocycles. The molecule has 0 bridgehead atoms. The van der Waals surface area contributed by atoms with Gasteiger partial charge in [0, 0.05) is 20.6 Å². The first kappa shape index (κ1) is 21.1. The number of carbonyl (C=O) groups is 2. The Morgan fingerprint density at radius 2 is 1.81 bits per heavy atom. The standard InChI is InChI=1S/C23H18BrNO5S/c1-29-16-9-8-13(11-17(16)30-2)21(26)19-20(18-7-4-10-31-18)25(23(28)22(19)27)15-6-3-5-14(24)12-15/h3-12,20,26H,1-2H3/b21-19-. The molecule has 4 rings (SSSR count). The normalized spacial score (nSPS) is 17.8. The molecule has 0 aliphatic carbocycles. The Balaban J connectivity index is 1.91. The molecule has 1 atom stereocenters. The van der Waals surface area contributed by atoms with Crippen molar-refractivity contribution >= 4 is 50.4 Å². The minimum atomic E-state index is -0.748. The number of benzene rings is 2. The van der Waals surface area contributed by atoms with Gasteiger partial charge in [0.1, 0.15) is 11.8 Å². The van der Waals surface area contributed by atoms with Crippen LogP contribution in [0.25, 0.3) is 5.76 Å². The zero-order valence-electron chi connectivity index (χ0n) is 16.7. The van der Waals surface area contributed by atoms with E-state index < -0.39 is 17.7 Å². The van der Waals surface area contributed by atoms with Crippen LogP contribution in [0.4, 0.5) is 5.69 Å². The Labute approximate surface area is 191 Å². The van der Waals surface area contributed by atoms with Crippen molar-refractivity contribution < 1.29 is 24.2 Å². The molecular weight excluding hydrogens is 482 g/mol. The number of aliphatic hydroxyl groups is 1. The maximum absolute atomic E-state index is 13.1. The first-order valence-corrected chi connectivity index (χ1v) is 11.0. The van der Waals surface area contributed by atoms with Gasteiger partial charge in [-0.15, -0.1) is 11.3 Å². The van der Waals surface area contributed by atoms with Gasteiger partial charge in [-0.25, -0.2) is 0 Å². The Morgan fingerprint density at radius 3 is 2.45 bits per heavy atom. The van der Waals surface area contributed by atoms with Crippen LogP contribution in [0.15, 0.2) is 70.0 Å². The SMILES string of the molecule is COc1ccc(/C(O)=C2/C(=O)C(=O)N(c3cccc(Br)c3)C2c2cccs2)cc1OC. The largest absolute Gasteiger partial charge is 0.507 e. The predicted octanol–water partition coefficient (Wildman–Crippen LogP) is 5.15. The average molecular weight is 500 g/mol. The highest BCUT2D eigenvalue weighted by Crippen LogP contribution is 2.44. The third-order valence-corrected chi connectivity index (χ3v) is 6.42. The summed E-state index contributed by atoms with van der Waals surface area (Å²) in [6.45, 7) is 0. The Bertz CT molecular complexity index is 1190. The van der Waals surface area contributed by atoms with E-state index in [-0.39, 0.29) is 11.3 Å². The zero-order valence-corrected chi connectivity index (χ0v) is 19.1. The molecule has 0 saturated carbocycles. The molecule has 3 aromatic rings. The number of amides is 1. The maximum atomic E-state index is 13.1. The number of thiophene rings is 1.